The Morgan fingerprint density at radius 1 is 0.982 bits per heavy atom. The summed E-state index contributed by atoms with van der Waals surface area (Å²) in [6.45, 7) is 21.1. The van der Waals surface area contributed by atoms with E-state index in [2.05, 4.69) is 18.5 Å². The second-order valence-corrected chi connectivity index (χ2v) is 14.9. The summed E-state index contributed by atoms with van der Waals surface area (Å²) >= 11 is 0. The van der Waals surface area contributed by atoms with Crippen molar-refractivity contribution in [1.29, 1.82) is 0 Å². The van der Waals surface area contributed by atoms with Crippen LogP contribution < -0.4 is 15.0 Å². The molecule has 0 saturated heterocycles. The van der Waals surface area contributed by atoms with Crippen LogP contribution in [0.3, 0.4) is 0 Å². The molecule has 2 aromatic carbocycles. The summed E-state index contributed by atoms with van der Waals surface area (Å²) in [7, 11) is 1.46. The molecule has 0 unspecified atom stereocenters. The maximum atomic E-state index is 14.5. The van der Waals surface area contributed by atoms with Gasteiger partial charge in [-0.25, -0.2) is 0 Å². The van der Waals surface area contributed by atoms with Gasteiger partial charge in [0, 0.05) is 79.9 Å². The van der Waals surface area contributed by atoms with Gasteiger partial charge in [-0.3, -0.25) is 14.4 Å². The highest BCUT2D eigenvalue weighted by Gasteiger charge is 2.49. The smallest absolute Gasteiger partial charge is 0.312 e. The number of phenolic OH excluding ortho intramolecular Hbond substituents is 2. The lowest BCUT2D eigenvalue weighted by atomic mass is 9.78. The van der Waals surface area contributed by atoms with Gasteiger partial charge < -0.3 is 49.6 Å². The normalized spacial score (nSPS) is 30.7. The highest BCUT2D eigenvalue weighted by Crippen LogP contribution is 2.54. The molecule has 0 aliphatic carbocycles. The Labute approximate surface area is 328 Å². The first-order valence-corrected chi connectivity index (χ1v) is 18.7. The summed E-state index contributed by atoms with van der Waals surface area (Å²) in [5.74, 6) is -6.87. The molecule has 304 valence electrons. The molecule has 3 heterocycles. The molecule has 0 saturated carbocycles. The number of methoxy groups -OCH3 is 1. The van der Waals surface area contributed by atoms with Gasteiger partial charge in [0.15, 0.2) is 5.75 Å². The minimum absolute atomic E-state index is 0.0303. The summed E-state index contributed by atoms with van der Waals surface area (Å²) < 4.78 is 23.8. The number of phenols is 2. The molecule has 13 heteroatoms. The van der Waals surface area contributed by atoms with E-state index in [-0.39, 0.29) is 57.7 Å². The van der Waals surface area contributed by atoms with Crippen LogP contribution in [0.2, 0.25) is 0 Å². The molecular weight excluding hydrogens is 720 g/mol. The van der Waals surface area contributed by atoms with E-state index in [9.17, 15) is 34.8 Å². The number of carbonyl (C=O) groups is 3. The number of benzene rings is 2. The average Bonchev–Trinajstić information content (AvgIpc) is 3.42. The predicted octanol–water partition coefficient (Wildman–Crippen LogP) is 6.23. The Kier molecular flexibility index (Phi) is 13.8. The number of hydrogen-bond donors (Lipinski definition) is 5. The quantitative estimate of drug-likeness (QED) is 0.122. The van der Waals surface area contributed by atoms with E-state index in [1.807, 2.05) is 0 Å². The van der Waals surface area contributed by atoms with Crippen LogP contribution in [0.25, 0.3) is 10.8 Å². The van der Waals surface area contributed by atoms with Crippen molar-refractivity contribution in [3.05, 3.63) is 78.6 Å². The van der Waals surface area contributed by atoms with Crippen LogP contribution in [0.4, 0.5) is 11.4 Å². The van der Waals surface area contributed by atoms with Crippen LogP contribution >= 0.6 is 0 Å². The van der Waals surface area contributed by atoms with Crippen molar-refractivity contribution >= 4 is 39.8 Å². The van der Waals surface area contributed by atoms with Crippen molar-refractivity contribution in [1.82, 2.24) is 0 Å². The largest absolute Gasteiger partial charge is 0.507 e. The van der Waals surface area contributed by atoms with Gasteiger partial charge in [-0.1, -0.05) is 58.1 Å². The van der Waals surface area contributed by atoms with E-state index in [4.69, 9.17) is 18.9 Å². The van der Waals surface area contributed by atoms with Gasteiger partial charge in [0.05, 0.1) is 41.2 Å². The van der Waals surface area contributed by atoms with Crippen molar-refractivity contribution in [2.75, 3.05) is 30.4 Å². The first-order valence-electron chi connectivity index (χ1n) is 18.7. The fourth-order valence-corrected chi connectivity index (χ4v) is 7.48. The van der Waals surface area contributed by atoms with Crippen molar-refractivity contribution in [3.8, 4) is 17.2 Å². The van der Waals surface area contributed by atoms with E-state index >= 15 is 0 Å². The van der Waals surface area contributed by atoms with E-state index in [0.29, 0.717) is 5.69 Å². The molecule has 3 aliphatic rings. The molecule has 5 N–H and O–H groups in total. The van der Waals surface area contributed by atoms with Gasteiger partial charge in [-0.15, -0.1) is 13.2 Å². The molecule has 13 nitrogen and oxygen atoms in total. The second kappa shape index (κ2) is 17.8. The number of Topliss-reactive ketones (excluding diaryl/α,β-unsaturated/α-hetero) is 1. The molecule has 3 aliphatic heterocycles. The van der Waals surface area contributed by atoms with Gasteiger partial charge in [-0.05, 0) is 26.0 Å². The second-order valence-electron chi connectivity index (χ2n) is 14.9. The lowest BCUT2D eigenvalue weighted by molar-refractivity contribution is -0.160. The van der Waals surface area contributed by atoms with Crippen molar-refractivity contribution < 1.29 is 53.8 Å². The highest BCUT2D eigenvalue weighted by molar-refractivity contribution is 6.23. The number of rotatable bonds is 7. The Morgan fingerprint density at radius 3 is 2.21 bits per heavy atom. The van der Waals surface area contributed by atoms with Crippen LogP contribution in [0.15, 0.2) is 67.5 Å². The number of aliphatic hydroxyl groups is 2. The molecule has 0 fully saturated rings. The Hall–Kier alpha value is -5.11. The van der Waals surface area contributed by atoms with E-state index < -0.39 is 77.3 Å². The minimum atomic E-state index is -1.95. The SMILES string of the molecule is C=CCN(CC=C)c1cc2c(O)c3c(O)c(C)c4c(c13)C(=O)[C@@](C)(O/C=C/[C@H](OC)[C@@H](C)[C@@H](OC(C)=O)[C@H](C)[C@H](O)[C@H](C)[C@@H](O)[C@@H](C)/C=C/C=C(/C)C(=O)N2)O4. The van der Waals surface area contributed by atoms with Crippen molar-refractivity contribution in [2.45, 2.75) is 85.6 Å². The number of amides is 1. The van der Waals surface area contributed by atoms with E-state index in [1.54, 1.807) is 69.9 Å². The number of hydrogen-bond acceptors (Lipinski definition) is 12. The monoisotopic (exact) mass is 776 g/mol. The molecular formula is C43H56N2O11. The molecule has 0 radical (unpaired) electrons. The predicted molar refractivity (Wildman–Crippen MR) is 215 cm³/mol. The summed E-state index contributed by atoms with van der Waals surface area (Å²) in [6, 6.07) is 1.51. The van der Waals surface area contributed by atoms with Crippen LogP contribution in [0.1, 0.15) is 64.4 Å². The third-order valence-electron chi connectivity index (χ3n) is 10.9. The molecule has 2 aromatic rings. The average molecular weight is 777 g/mol. The third kappa shape index (κ3) is 8.49. The maximum Gasteiger partial charge on any atom is 0.312 e. The topological polar surface area (TPSA) is 184 Å². The van der Waals surface area contributed by atoms with Crippen LogP contribution in [-0.2, 0) is 23.8 Å². The van der Waals surface area contributed by atoms with E-state index in [0.717, 1.165) is 0 Å². The molecule has 5 bridgehead atoms. The zero-order chi connectivity index (χ0) is 41.8. The fraction of sp³-hybridized carbons (Fsp3) is 0.465. The lowest BCUT2D eigenvalue weighted by Crippen LogP contribution is -2.46. The summed E-state index contributed by atoms with van der Waals surface area (Å²) in [4.78, 5) is 42.2. The number of allylic oxidation sites excluding steroid dienone is 2. The summed E-state index contributed by atoms with van der Waals surface area (Å²) in [5, 5.41) is 49.0. The third-order valence-corrected chi connectivity index (χ3v) is 10.9. The highest BCUT2D eigenvalue weighted by atomic mass is 16.7. The number of aromatic hydroxyl groups is 2. The molecule has 1 amide bonds. The van der Waals surface area contributed by atoms with Crippen LogP contribution in [0, 0.1) is 30.6 Å². The number of nitrogens with one attached hydrogen (secondary N) is 1. The van der Waals surface area contributed by atoms with Crippen LogP contribution in [-0.4, -0.2) is 88.5 Å². The molecule has 9 atom stereocenters. The minimum Gasteiger partial charge on any atom is -0.507 e. The van der Waals surface area contributed by atoms with Crippen molar-refractivity contribution in [2.24, 2.45) is 23.7 Å². The Bertz CT molecular complexity index is 1940. The van der Waals surface area contributed by atoms with Gasteiger partial charge >= 0.3 is 11.8 Å². The van der Waals surface area contributed by atoms with Crippen LogP contribution in [0.5, 0.6) is 17.2 Å². The zero-order valence-corrected chi connectivity index (χ0v) is 33.7. The van der Waals surface area contributed by atoms with Gasteiger partial charge in [0.25, 0.3) is 11.7 Å². The van der Waals surface area contributed by atoms with Crippen molar-refractivity contribution in [3.63, 3.8) is 0 Å². The molecule has 0 aromatic heterocycles. The van der Waals surface area contributed by atoms with Gasteiger partial charge in [0.2, 0.25) is 0 Å². The maximum absolute atomic E-state index is 14.5. The number of esters is 1. The number of ether oxygens (including phenoxy) is 4. The summed E-state index contributed by atoms with van der Waals surface area (Å²) in [6.07, 6.45) is 7.17. The number of fused-ring (bicyclic) bond motifs is 14. The first kappa shape index (κ1) is 43.6. The summed E-state index contributed by atoms with van der Waals surface area (Å²) in [5.41, 5.74) is 0.780. The number of carbonyl (C=O) groups excluding carboxylic acids is 3. The zero-order valence-electron chi connectivity index (χ0n) is 33.7. The molecule has 56 heavy (non-hydrogen) atoms. The number of aliphatic hydroxyl groups excluding tert-OH is 2. The number of nitrogens with zero attached hydrogens (tertiary/aromatic N) is 1. The lowest BCUT2D eigenvalue weighted by Gasteiger charge is -2.38. The molecule has 0 spiro atoms. The van der Waals surface area contributed by atoms with Gasteiger partial charge in [-0.2, -0.15) is 0 Å². The fourth-order valence-electron chi connectivity index (χ4n) is 7.48. The standard InChI is InChI=1S/C43H56N2O11/c1-12-18-45(19-13-2)30-21-29-38(50)33-32(30)34-40(27(8)37(33)49)56-43(10,41(34)51)54-20-17-31(53-11)24(5)39(55-28(9)46)26(7)36(48)25(6)35(47)22(3)15-14-16-23(4)42(52)44-29/h12-17,20-22,24-26,31,35-36,39,47-50H,1-2,18-19H2,3-11H3,(H,44,52)/b15-14+,20-17+,23-16-/t22-,24+,25+,26+,31-,35-,36+,39+,43-/m0/s1. The Morgan fingerprint density at radius 2 is 1.62 bits per heavy atom. The number of ketones is 1. The Balaban J connectivity index is 1.98. The van der Waals surface area contributed by atoms with E-state index in [1.165, 1.54) is 46.3 Å². The number of anilines is 2. The molecule has 5 rings (SSSR count). The first-order chi connectivity index (χ1) is 26.3. The van der Waals surface area contributed by atoms with Gasteiger partial charge in [0.1, 0.15) is 17.6 Å².